The number of aliphatic hydroxyl groups is 1. The number of aliphatic hydroxyl groups excluding tert-OH is 1. The molecule has 0 aromatic heterocycles. The van der Waals surface area contributed by atoms with Crippen molar-refractivity contribution in [2.24, 2.45) is 11.3 Å². The number of aryl methyl sites for hydroxylation is 1. The van der Waals surface area contributed by atoms with Crippen molar-refractivity contribution in [3.05, 3.63) is 29.3 Å². The maximum Gasteiger partial charge on any atom is 0.115 e. The fourth-order valence-corrected chi connectivity index (χ4v) is 5.36. The molecule has 0 saturated heterocycles. The Hall–Kier alpha value is -1.02. The van der Waals surface area contributed by atoms with E-state index in [0.29, 0.717) is 17.1 Å². The summed E-state index contributed by atoms with van der Waals surface area (Å²) in [6.07, 6.45) is 8.01. The van der Waals surface area contributed by atoms with E-state index < -0.39 is 0 Å². The number of fused-ring (bicyclic) bond motifs is 3. The molecule has 1 unspecified atom stereocenters. The minimum absolute atomic E-state index is 0.0921. The quantitative estimate of drug-likeness (QED) is 0.758. The van der Waals surface area contributed by atoms with E-state index in [0.717, 1.165) is 19.3 Å². The molecule has 1 aromatic carbocycles. The third-order valence-electron chi connectivity index (χ3n) is 6.79. The number of hydrogen-bond acceptors (Lipinski definition) is 2. The van der Waals surface area contributed by atoms with Gasteiger partial charge < -0.3 is 10.2 Å². The Bertz CT molecular complexity index is 552. The van der Waals surface area contributed by atoms with Gasteiger partial charge in [-0.1, -0.05) is 13.0 Å². The standard InChI is InChI=1S/C18H24O2/c1-17-8-9-18(11-13(17)2-5-16(17)20)7-6-12-10-14(19)3-4-15(12)18/h3-4,10,13,16,19-20H,2,5-9,11H2,1H3/t13-,16-,17-,18?/m0/s1. The number of benzene rings is 1. The molecular weight excluding hydrogens is 248 g/mol. The van der Waals surface area contributed by atoms with Gasteiger partial charge in [-0.15, -0.1) is 0 Å². The number of aromatic hydroxyl groups is 1. The summed E-state index contributed by atoms with van der Waals surface area (Å²) in [5.41, 5.74) is 3.33. The van der Waals surface area contributed by atoms with Crippen LogP contribution in [0.2, 0.25) is 0 Å². The first-order valence-electron chi connectivity index (χ1n) is 8.04. The monoisotopic (exact) mass is 272 g/mol. The Morgan fingerprint density at radius 2 is 2.00 bits per heavy atom. The highest BCUT2D eigenvalue weighted by molar-refractivity contribution is 5.44. The van der Waals surface area contributed by atoms with Gasteiger partial charge in [-0.25, -0.2) is 0 Å². The predicted octanol–water partition coefficient (Wildman–Crippen LogP) is 3.54. The maximum atomic E-state index is 10.3. The first-order chi connectivity index (χ1) is 9.53. The molecule has 2 heteroatoms. The summed E-state index contributed by atoms with van der Waals surface area (Å²) >= 11 is 0. The summed E-state index contributed by atoms with van der Waals surface area (Å²) < 4.78 is 0. The molecule has 3 aliphatic carbocycles. The van der Waals surface area contributed by atoms with Crippen LogP contribution in [0.25, 0.3) is 0 Å². The molecule has 2 saturated carbocycles. The average Bonchev–Trinajstić information content (AvgIpc) is 2.91. The van der Waals surface area contributed by atoms with Crippen molar-refractivity contribution in [2.45, 2.75) is 63.4 Å². The van der Waals surface area contributed by atoms with Gasteiger partial charge in [0.15, 0.2) is 0 Å². The summed E-state index contributed by atoms with van der Waals surface area (Å²) in [5, 5.41) is 20.0. The largest absolute Gasteiger partial charge is 0.508 e. The van der Waals surface area contributed by atoms with Gasteiger partial charge in [0.1, 0.15) is 5.75 Å². The van der Waals surface area contributed by atoms with E-state index >= 15 is 0 Å². The van der Waals surface area contributed by atoms with Crippen molar-refractivity contribution in [3.63, 3.8) is 0 Å². The Morgan fingerprint density at radius 1 is 1.15 bits per heavy atom. The van der Waals surface area contributed by atoms with Crippen molar-refractivity contribution in [3.8, 4) is 5.75 Å². The SMILES string of the molecule is C[C@]12CCC3(CCc4cc(O)ccc43)C[C@@H]1CC[C@@H]2O. The van der Waals surface area contributed by atoms with Crippen LogP contribution >= 0.6 is 0 Å². The summed E-state index contributed by atoms with van der Waals surface area (Å²) in [7, 11) is 0. The van der Waals surface area contributed by atoms with Crippen LogP contribution in [0.5, 0.6) is 5.75 Å². The van der Waals surface area contributed by atoms with Crippen molar-refractivity contribution >= 4 is 0 Å². The second-order valence-electron chi connectivity index (χ2n) is 7.62. The van der Waals surface area contributed by atoms with Gasteiger partial charge in [0, 0.05) is 0 Å². The van der Waals surface area contributed by atoms with Gasteiger partial charge in [0.05, 0.1) is 6.10 Å². The minimum Gasteiger partial charge on any atom is -0.508 e. The third-order valence-corrected chi connectivity index (χ3v) is 6.79. The maximum absolute atomic E-state index is 10.3. The fraction of sp³-hybridized carbons (Fsp3) is 0.667. The van der Waals surface area contributed by atoms with E-state index in [4.69, 9.17) is 0 Å². The molecule has 3 aliphatic rings. The lowest BCUT2D eigenvalue weighted by molar-refractivity contribution is -0.00808. The molecule has 108 valence electrons. The van der Waals surface area contributed by atoms with Crippen LogP contribution in [0.1, 0.15) is 56.6 Å². The van der Waals surface area contributed by atoms with E-state index in [-0.39, 0.29) is 11.5 Å². The molecule has 20 heavy (non-hydrogen) atoms. The van der Waals surface area contributed by atoms with Crippen LogP contribution in [0.3, 0.4) is 0 Å². The molecule has 1 aromatic rings. The molecule has 2 nitrogen and oxygen atoms in total. The Morgan fingerprint density at radius 3 is 2.85 bits per heavy atom. The van der Waals surface area contributed by atoms with E-state index in [2.05, 4.69) is 13.0 Å². The molecule has 0 bridgehead atoms. The normalized spacial score (nSPS) is 42.7. The minimum atomic E-state index is -0.0921. The number of hydrogen-bond donors (Lipinski definition) is 2. The molecule has 4 rings (SSSR count). The van der Waals surface area contributed by atoms with Gasteiger partial charge in [-0.3, -0.25) is 0 Å². The summed E-state index contributed by atoms with van der Waals surface area (Å²) in [6.45, 7) is 2.30. The van der Waals surface area contributed by atoms with Crippen molar-refractivity contribution in [1.82, 2.24) is 0 Å². The van der Waals surface area contributed by atoms with E-state index in [1.165, 1.54) is 36.8 Å². The van der Waals surface area contributed by atoms with Gasteiger partial charge in [-0.05, 0) is 85.0 Å². The smallest absolute Gasteiger partial charge is 0.115 e. The van der Waals surface area contributed by atoms with Crippen LogP contribution in [0.4, 0.5) is 0 Å². The van der Waals surface area contributed by atoms with Crippen molar-refractivity contribution in [2.75, 3.05) is 0 Å². The fourth-order valence-electron chi connectivity index (χ4n) is 5.36. The lowest BCUT2D eigenvalue weighted by atomic mass is 9.57. The van der Waals surface area contributed by atoms with E-state index in [1.807, 2.05) is 12.1 Å². The van der Waals surface area contributed by atoms with E-state index in [1.54, 1.807) is 0 Å². The predicted molar refractivity (Wildman–Crippen MR) is 78.8 cm³/mol. The summed E-state index contributed by atoms with van der Waals surface area (Å²) in [5.74, 6) is 1.07. The number of phenolic OH excluding ortho intramolecular Hbond substituents is 1. The van der Waals surface area contributed by atoms with Crippen LogP contribution in [-0.4, -0.2) is 16.3 Å². The highest BCUT2D eigenvalue weighted by Gasteiger charge is 2.54. The molecule has 0 amide bonds. The number of rotatable bonds is 0. The highest BCUT2D eigenvalue weighted by Crippen LogP contribution is 2.60. The number of phenols is 1. The Balaban J connectivity index is 1.69. The van der Waals surface area contributed by atoms with E-state index in [9.17, 15) is 10.2 Å². The van der Waals surface area contributed by atoms with Crippen molar-refractivity contribution < 1.29 is 10.2 Å². The molecular formula is C18H24O2. The molecule has 0 radical (unpaired) electrons. The second kappa shape index (κ2) is 4.00. The zero-order valence-corrected chi connectivity index (χ0v) is 12.2. The first-order valence-corrected chi connectivity index (χ1v) is 8.04. The molecule has 1 spiro atoms. The molecule has 0 heterocycles. The molecule has 0 aliphatic heterocycles. The van der Waals surface area contributed by atoms with Crippen LogP contribution in [0, 0.1) is 11.3 Å². The first kappa shape index (κ1) is 12.7. The zero-order chi connectivity index (χ0) is 14.0. The summed E-state index contributed by atoms with van der Waals surface area (Å²) in [6, 6.07) is 5.97. The van der Waals surface area contributed by atoms with Crippen LogP contribution in [0.15, 0.2) is 18.2 Å². The topological polar surface area (TPSA) is 40.5 Å². The lowest BCUT2D eigenvalue weighted by Crippen LogP contribution is -2.43. The molecule has 2 N–H and O–H groups in total. The zero-order valence-electron chi connectivity index (χ0n) is 12.2. The van der Waals surface area contributed by atoms with Gasteiger partial charge in [0.25, 0.3) is 0 Å². The van der Waals surface area contributed by atoms with Crippen LogP contribution in [-0.2, 0) is 11.8 Å². The highest BCUT2D eigenvalue weighted by atomic mass is 16.3. The Labute approximate surface area is 120 Å². The second-order valence-corrected chi connectivity index (χ2v) is 7.62. The van der Waals surface area contributed by atoms with Gasteiger partial charge >= 0.3 is 0 Å². The summed E-state index contributed by atoms with van der Waals surface area (Å²) in [4.78, 5) is 0. The van der Waals surface area contributed by atoms with Gasteiger partial charge in [-0.2, -0.15) is 0 Å². The van der Waals surface area contributed by atoms with Crippen molar-refractivity contribution in [1.29, 1.82) is 0 Å². The molecule has 4 atom stereocenters. The molecule has 2 fully saturated rings. The third kappa shape index (κ3) is 1.54. The van der Waals surface area contributed by atoms with Crippen LogP contribution < -0.4 is 0 Å². The lowest BCUT2D eigenvalue weighted by Gasteiger charge is -2.47. The average molecular weight is 272 g/mol. The van der Waals surface area contributed by atoms with Gasteiger partial charge in [0.2, 0.25) is 0 Å². The Kier molecular flexibility index (Phi) is 2.54.